The third-order valence-electron chi connectivity index (χ3n) is 2.54. The minimum atomic E-state index is -0.843. The van der Waals surface area contributed by atoms with E-state index in [4.69, 9.17) is 9.84 Å². The molecular weight excluding hydrogens is 274 g/mol. The number of hydrogen-bond acceptors (Lipinski definition) is 7. The predicted molar refractivity (Wildman–Crippen MR) is 70.5 cm³/mol. The Kier molecular flexibility index (Phi) is 4.79. The zero-order valence-corrected chi connectivity index (χ0v) is 11.7. The van der Waals surface area contributed by atoms with Crippen LogP contribution in [-0.2, 0) is 9.53 Å². The van der Waals surface area contributed by atoms with E-state index in [9.17, 15) is 4.79 Å². The fourth-order valence-electron chi connectivity index (χ4n) is 1.71. The van der Waals surface area contributed by atoms with Gasteiger partial charge in [-0.15, -0.1) is 10.2 Å². The molecule has 0 aliphatic carbocycles. The lowest BCUT2D eigenvalue weighted by Gasteiger charge is -2.18. The number of carboxylic acids is 1. The number of rotatable bonds is 6. The van der Waals surface area contributed by atoms with Crippen molar-refractivity contribution in [3.05, 3.63) is 0 Å². The molecule has 1 aromatic heterocycles. The topological polar surface area (TPSA) is 75.5 Å². The van der Waals surface area contributed by atoms with E-state index in [1.807, 2.05) is 11.9 Å². The SMILES string of the molecule is CN(CC1CCCO1)c1nnc(SCC(=O)O)s1. The standard InChI is InChI=1S/C10H15N3O3S2/c1-13(5-7-3-2-4-16-7)9-11-12-10(18-9)17-6-8(14)15/h7H,2-6H2,1H3,(H,14,15). The molecule has 1 atom stereocenters. The molecule has 2 rings (SSSR count). The Labute approximate surface area is 113 Å². The van der Waals surface area contributed by atoms with Crippen molar-refractivity contribution in [1.29, 1.82) is 0 Å². The second kappa shape index (κ2) is 6.35. The summed E-state index contributed by atoms with van der Waals surface area (Å²) in [7, 11) is 1.95. The van der Waals surface area contributed by atoms with Gasteiger partial charge in [-0.05, 0) is 12.8 Å². The molecule has 1 aliphatic rings. The smallest absolute Gasteiger partial charge is 0.313 e. The summed E-state index contributed by atoms with van der Waals surface area (Å²) in [5, 5.41) is 17.4. The maximum atomic E-state index is 10.5. The Morgan fingerprint density at radius 2 is 2.50 bits per heavy atom. The van der Waals surface area contributed by atoms with Crippen LogP contribution in [0.3, 0.4) is 0 Å². The van der Waals surface area contributed by atoms with Gasteiger partial charge in [-0.2, -0.15) is 0 Å². The Bertz CT molecular complexity index is 407. The molecule has 0 saturated carbocycles. The fraction of sp³-hybridized carbons (Fsp3) is 0.700. The van der Waals surface area contributed by atoms with Crippen LogP contribution < -0.4 is 4.90 Å². The molecule has 1 unspecified atom stereocenters. The molecule has 1 aromatic rings. The number of hydrogen-bond donors (Lipinski definition) is 1. The van der Waals surface area contributed by atoms with Crippen molar-refractivity contribution < 1.29 is 14.6 Å². The highest BCUT2D eigenvalue weighted by atomic mass is 32.2. The van der Waals surface area contributed by atoms with Gasteiger partial charge < -0.3 is 14.7 Å². The first-order valence-electron chi connectivity index (χ1n) is 5.66. The van der Waals surface area contributed by atoms with Crippen LogP contribution in [0, 0.1) is 0 Å². The normalized spacial score (nSPS) is 19.1. The average Bonchev–Trinajstić information content (AvgIpc) is 2.96. The second-order valence-electron chi connectivity index (χ2n) is 4.05. The van der Waals surface area contributed by atoms with Crippen LogP contribution in [0.4, 0.5) is 5.13 Å². The van der Waals surface area contributed by atoms with E-state index in [1.165, 1.54) is 23.1 Å². The third-order valence-corrected chi connectivity index (χ3v) is 4.70. The molecule has 6 nitrogen and oxygen atoms in total. The quantitative estimate of drug-likeness (QED) is 0.792. The number of anilines is 1. The van der Waals surface area contributed by atoms with Crippen LogP contribution in [0.15, 0.2) is 4.34 Å². The van der Waals surface area contributed by atoms with Gasteiger partial charge in [-0.3, -0.25) is 4.79 Å². The molecule has 0 amide bonds. The lowest BCUT2D eigenvalue weighted by atomic mass is 10.2. The van der Waals surface area contributed by atoms with Gasteiger partial charge in [-0.25, -0.2) is 0 Å². The average molecular weight is 289 g/mol. The van der Waals surface area contributed by atoms with E-state index in [0.29, 0.717) is 4.34 Å². The van der Waals surface area contributed by atoms with Crippen LogP contribution in [0.25, 0.3) is 0 Å². The highest BCUT2D eigenvalue weighted by Crippen LogP contribution is 2.28. The van der Waals surface area contributed by atoms with Gasteiger partial charge in [0.2, 0.25) is 5.13 Å². The first-order valence-corrected chi connectivity index (χ1v) is 7.46. The van der Waals surface area contributed by atoms with Crippen molar-refractivity contribution in [3.8, 4) is 0 Å². The lowest BCUT2D eigenvalue weighted by Crippen LogP contribution is -2.28. The summed E-state index contributed by atoms with van der Waals surface area (Å²) in [6.45, 7) is 1.65. The molecule has 2 heterocycles. The van der Waals surface area contributed by atoms with Crippen LogP contribution in [0.2, 0.25) is 0 Å². The van der Waals surface area contributed by atoms with Crippen LogP contribution in [-0.4, -0.2) is 53.3 Å². The van der Waals surface area contributed by atoms with Gasteiger partial charge >= 0.3 is 5.97 Å². The van der Waals surface area contributed by atoms with Crippen molar-refractivity contribution in [2.75, 3.05) is 30.9 Å². The summed E-state index contributed by atoms with van der Waals surface area (Å²) in [6.07, 6.45) is 2.48. The highest BCUT2D eigenvalue weighted by molar-refractivity contribution is 8.01. The molecule has 1 fully saturated rings. The van der Waals surface area contributed by atoms with Gasteiger partial charge in [0.1, 0.15) is 0 Å². The third kappa shape index (κ3) is 3.82. The van der Waals surface area contributed by atoms with E-state index >= 15 is 0 Å². The molecule has 0 radical (unpaired) electrons. The van der Waals surface area contributed by atoms with Gasteiger partial charge in [-0.1, -0.05) is 23.1 Å². The maximum absolute atomic E-state index is 10.5. The van der Waals surface area contributed by atoms with Crippen LogP contribution >= 0.6 is 23.1 Å². The highest BCUT2D eigenvalue weighted by Gasteiger charge is 2.19. The van der Waals surface area contributed by atoms with Crippen molar-refractivity contribution in [2.24, 2.45) is 0 Å². The number of ether oxygens (including phenoxy) is 1. The van der Waals surface area contributed by atoms with Crippen molar-refractivity contribution in [2.45, 2.75) is 23.3 Å². The number of likely N-dealkylation sites (N-methyl/N-ethyl adjacent to an activating group) is 1. The van der Waals surface area contributed by atoms with Gasteiger partial charge in [0.05, 0.1) is 11.9 Å². The first kappa shape index (κ1) is 13.6. The second-order valence-corrected chi connectivity index (χ2v) is 6.23. The first-order chi connectivity index (χ1) is 8.65. The molecular formula is C10H15N3O3S2. The van der Waals surface area contributed by atoms with Crippen molar-refractivity contribution in [1.82, 2.24) is 10.2 Å². The number of thioether (sulfide) groups is 1. The predicted octanol–water partition coefficient (Wildman–Crippen LogP) is 1.33. The lowest BCUT2D eigenvalue weighted by molar-refractivity contribution is -0.133. The molecule has 0 aromatic carbocycles. The Morgan fingerprint density at radius 3 is 3.17 bits per heavy atom. The Morgan fingerprint density at radius 1 is 1.67 bits per heavy atom. The van der Waals surface area contributed by atoms with E-state index in [1.54, 1.807) is 0 Å². The van der Waals surface area contributed by atoms with Gasteiger partial charge in [0.25, 0.3) is 0 Å². The largest absolute Gasteiger partial charge is 0.481 e. The van der Waals surface area contributed by atoms with Crippen LogP contribution in [0.1, 0.15) is 12.8 Å². The van der Waals surface area contributed by atoms with Crippen molar-refractivity contribution >= 4 is 34.2 Å². The minimum absolute atomic E-state index is 0.0179. The molecule has 0 bridgehead atoms. The van der Waals surface area contributed by atoms with Gasteiger partial charge in [0.15, 0.2) is 4.34 Å². The Balaban J connectivity index is 1.85. The Hall–Kier alpha value is -0.860. The monoisotopic (exact) mass is 289 g/mol. The maximum Gasteiger partial charge on any atom is 0.313 e. The van der Waals surface area contributed by atoms with E-state index < -0.39 is 5.97 Å². The summed E-state index contributed by atoms with van der Waals surface area (Å²) in [6, 6.07) is 0. The minimum Gasteiger partial charge on any atom is -0.481 e. The summed E-state index contributed by atoms with van der Waals surface area (Å²) in [5.41, 5.74) is 0. The fourth-order valence-corrected chi connectivity index (χ4v) is 3.24. The summed E-state index contributed by atoms with van der Waals surface area (Å²) in [4.78, 5) is 12.5. The molecule has 100 valence electrons. The molecule has 1 N–H and O–H groups in total. The van der Waals surface area contributed by atoms with Crippen molar-refractivity contribution in [3.63, 3.8) is 0 Å². The number of aromatic nitrogens is 2. The zero-order valence-electron chi connectivity index (χ0n) is 10.0. The summed E-state index contributed by atoms with van der Waals surface area (Å²) < 4.78 is 6.25. The van der Waals surface area contributed by atoms with E-state index in [-0.39, 0.29) is 11.9 Å². The molecule has 8 heteroatoms. The number of aliphatic carboxylic acids is 1. The molecule has 0 spiro atoms. The van der Waals surface area contributed by atoms with Crippen LogP contribution in [0.5, 0.6) is 0 Å². The van der Waals surface area contributed by atoms with E-state index in [2.05, 4.69) is 10.2 Å². The molecule has 1 saturated heterocycles. The van der Waals surface area contributed by atoms with E-state index in [0.717, 1.165) is 31.1 Å². The van der Waals surface area contributed by atoms with Gasteiger partial charge in [0, 0.05) is 20.2 Å². The number of carbonyl (C=O) groups is 1. The number of carboxylic acid groups (broad SMARTS) is 1. The number of nitrogens with zero attached hydrogens (tertiary/aromatic N) is 3. The molecule has 18 heavy (non-hydrogen) atoms. The zero-order chi connectivity index (χ0) is 13.0. The summed E-state index contributed by atoms with van der Waals surface area (Å²) >= 11 is 2.61. The molecule has 1 aliphatic heterocycles. The summed E-state index contributed by atoms with van der Waals surface area (Å²) in [5.74, 6) is -0.825.